The largest absolute Gasteiger partial charge is 0.342 e. The number of hydrogen-bond donors (Lipinski definition) is 1. The van der Waals surface area contributed by atoms with Crippen molar-refractivity contribution in [2.75, 3.05) is 0 Å². The van der Waals surface area contributed by atoms with Crippen molar-refractivity contribution in [3.8, 4) is 11.3 Å². The van der Waals surface area contributed by atoms with Crippen LogP contribution in [-0.2, 0) is 0 Å². The van der Waals surface area contributed by atoms with E-state index in [1.54, 1.807) is 12.4 Å². The van der Waals surface area contributed by atoms with E-state index in [-0.39, 0.29) is 11.9 Å². The van der Waals surface area contributed by atoms with Gasteiger partial charge in [0.1, 0.15) is 10.7 Å². The molecule has 1 atom stereocenters. The molecule has 0 fully saturated rings. The lowest BCUT2D eigenvalue weighted by atomic mass is 10.2. The SMILES string of the molecule is C[C@@H](NC(=O)c1cnccn1)c1nc(-c2ccncc2)cs1. The van der Waals surface area contributed by atoms with Crippen LogP contribution in [0.15, 0.2) is 48.5 Å². The predicted molar refractivity (Wildman–Crippen MR) is 83.3 cm³/mol. The molecular weight excluding hydrogens is 298 g/mol. The zero-order valence-electron chi connectivity index (χ0n) is 11.8. The quantitative estimate of drug-likeness (QED) is 0.800. The molecule has 1 N–H and O–H groups in total. The molecule has 0 aliphatic rings. The average molecular weight is 311 g/mol. The van der Waals surface area contributed by atoms with Crippen LogP contribution < -0.4 is 5.32 Å². The Balaban J connectivity index is 1.72. The second kappa shape index (κ2) is 6.40. The maximum Gasteiger partial charge on any atom is 0.272 e. The number of carbonyl (C=O) groups is 1. The summed E-state index contributed by atoms with van der Waals surface area (Å²) in [5, 5.41) is 5.68. The summed E-state index contributed by atoms with van der Waals surface area (Å²) in [6, 6.07) is 3.61. The third kappa shape index (κ3) is 3.15. The molecule has 0 aromatic carbocycles. The summed E-state index contributed by atoms with van der Waals surface area (Å²) in [6.45, 7) is 1.89. The molecular formula is C15H13N5OS. The van der Waals surface area contributed by atoms with Crippen LogP contribution in [-0.4, -0.2) is 25.8 Å². The molecule has 3 rings (SSSR count). The third-order valence-electron chi connectivity index (χ3n) is 3.01. The molecule has 3 aromatic rings. The van der Waals surface area contributed by atoms with Crippen LogP contribution in [0, 0.1) is 0 Å². The van der Waals surface area contributed by atoms with E-state index < -0.39 is 0 Å². The number of carbonyl (C=O) groups excluding carboxylic acids is 1. The van der Waals surface area contributed by atoms with Crippen molar-refractivity contribution >= 4 is 17.2 Å². The number of rotatable bonds is 4. The summed E-state index contributed by atoms with van der Waals surface area (Å²) in [5.41, 5.74) is 2.17. The first-order valence-corrected chi connectivity index (χ1v) is 7.54. The number of thiazole rings is 1. The van der Waals surface area contributed by atoms with Gasteiger partial charge in [-0.3, -0.25) is 14.8 Å². The fourth-order valence-corrected chi connectivity index (χ4v) is 2.73. The Kier molecular flexibility index (Phi) is 4.15. The average Bonchev–Trinajstić information content (AvgIpc) is 3.06. The van der Waals surface area contributed by atoms with Crippen molar-refractivity contribution < 1.29 is 4.79 Å². The molecule has 22 heavy (non-hydrogen) atoms. The summed E-state index contributed by atoms with van der Waals surface area (Å²) in [7, 11) is 0. The lowest BCUT2D eigenvalue weighted by Crippen LogP contribution is -2.27. The molecule has 6 nitrogen and oxygen atoms in total. The van der Waals surface area contributed by atoms with E-state index in [4.69, 9.17) is 0 Å². The normalized spacial score (nSPS) is 11.9. The Morgan fingerprint density at radius 2 is 2.00 bits per heavy atom. The van der Waals surface area contributed by atoms with Gasteiger partial charge in [-0.1, -0.05) is 0 Å². The Labute approximate surface area is 131 Å². The van der Waals surface area contributed by atoms with Crippen LogP contribution in [0.5, 0.6) is 0 Å². The second-order valence-corrected chi connectivity index (χ2v) is 5.48. The Bertz CT molecular complexity index is 760. The number of hydrogen-bond acceptors (Lipinski definition) is 6. The fourth-order valence-electron chi connectivity index (χ4n) is 1.89. The van der Waals surface area contributed by atoms with Crippen LogP contribution in [0.1, 0.15) is 28.5 Å². The Hall–Kier alpha value is -2.67. The molecule has 0 aliphatic carbocycles. The highest BCUT2D eigenvalue weighted by Crippen LogP contribution is 2.25. The van der Waals surface area contributed by atoms with Crippen molar-refractivity contribution in [3.05, 3.63) is 59.2 Å². The van der Waals surface area contributed by atoms with Gasteiger partial charge >= 0.3 is 0 Å². The zero-order chi connectivity index (χ0) is 15.4. The fraction of sp³-hybridized carbons (Fsp3) is 0.133. The molecule has 0 unspecified atom stereocenters. The van der Waals surface area contributed by atoms with E-state index in [2.05, 4.69) is 25.3 Å². The molecule has 7 heteroatoms. The Morgan fingerprint density at radius 3 is 2.73 bits per heavy atom. The molecule has 3 aromatic heterocycles. The number of nitrogens with zero attached hydrogens (tertiary/aromatic N) is 4. The molecule has 0 saturated carbocycles. The minimum Gasteiger partial charge on any atom is -0.342 e. The van der Waals surface area contributed by atoms with Gasteiger partial charge in [0, 0.05) is 35.7 Å². The minimum absolute atomic E-state index is 0.199. The van der Waals surface area contributed by atoms with Gasteiger partial charge in [-0.25, -0.2) is 9.97 Å². The first-order chi connectivity index (χ1) is 10.7. The van der Waals surface area contributed by atoms with Gasteiger partial charge in [0.25, 0.3) is 5.91 Å². The number of nitrogens with one attached hydrogen (secondary N) is 1. The number of aromatic nitrogens is 4. The lowest BCUT2D eigenvalue weighted by Gasteiger charge is -2.10. The van der Waals surface area contributed by atoms with Crippen LogP contribution >= 0.6 is 11.3 Å². The van der Waals surface area contributed by atoms with Gasteiger partial charge in [0.05, 0.1) is 17.9 Å². The molecule has 0 spiro atoms. The van der Waals surface area contributed by atoms with Gasteiger partial charge in [-0.15, -0.1) is 11.3 Å². The van der Waals surface area contributed by atoms with E-state index in [1.165, 1.54) is 29.9 Å². The molecule has 0 saturated heterocycles. The topological polar surface area (TPSA) is 80.7 Å². The minimum atomic E-state index is -0.263. The van der Waals surface area contributed by atoms with Crippen molar-refractivity contribution in [1.82, 2.24) is 25.3 Å². The van der Waals surface area contributed by atoms with E-state index in [0.717, 1.165) is 16.3 Å². The summed E-state index contributed by atoms with van der Waals surface area (Å²) >= 11 is 1.51. The molecule has 0 aliphatic heterocycles. The number of amides is 1. The lowest BCUT2D eigenvalue weighted by molar-refractivity contribution is 0.0934. The van der Waals surface area contributed by atoms with Gasteiger partial charge < -0.3 is 5.32 Å². The van der Waals surface area contributed by atoms with Gasteiger partial charge in [0.15, 0.2) is 0 Å². The smallest absolute Gasteiger partial charge is 0.272 e. The van der Waals surface area contributed by atoms with E-state index in [0.29, 0.717) is 5.69 Å². The first-order valence-electron chi connectivity index (χ1n) is 6.67. The summed E-state index contributed by atoms with van der Waals surface area (Å²) in [5.74, 6) is -0.263. The molecule has 1 amide bonds. The first kappa shape index (κ1) is 14.3. The van der Waals surface area contributed by atoms with Crippen molar-refractivity contribution in [1.29, 1.82) is 0 Å². The monoisotopic (exact) mass is 311 g/mol. The van der Waals surface area contributed by atoms with Crippen LogP contribution in [0.3, 0.4) is 0 Å². The van der Waals surface area contributed by atoms with E-state index in [9.17, 15) is 4.79 Å². The standard InChI is InChI=1S/C15H13N5OS/c1-10(19-14(21)12-8-17-6-7-18-12)15-20-13(9-22-15)11-2-4-16-5-3-11/h2-10H,1H3,(H,19,21)/t10-/m1/s1. The third-order valence-corrected chi connectivity index (χ3v) is 4.04. The highest BCUT2D eigenvalue weighted by Gasteiger charge is 2.16. The maximum absolute atomic E-state index is 12.1. The van der Waals surface area contributed by atoms with Crippen molar-refractivity contribution in [2.24, 2.45) is 0 Å². The van der Waals surface area contributed by atoms with Crippen molar-refractivity contribution in [2.45, 2.75) is 13.0 Å². The summed E-state index contributed by atoms with van der Waals surface area (Å²) < 4.78 is 0. The van der Waals surface area contributed by atoms with Gasteiger partial charge in [0.2, 0.25) is 0 Å². The maximum atomic E-state index is 12.1. The summed E-state index contributed by atoms with van der Waals surface area (Å²) in [6.07, 6.45) is 7.92. The predicted octanol–water partition coefficient (Wildman–Crippen LogP) is 2.49. The van der Waals surface area contributed by atoms with Crippen LogP contribution in [0.2, 0.25) is 0 Å². The molecule has 110 valence electrons. The van der Waals surface area contributed by atoms with Crippen LogP contribution in [0.25, 0.3) is 11.3 Å². The number of pyridine rings is 1. The highest BCUT2D eigenvalue weighted by atomic mass is 32.1. The second-order valence-electron chi connectivity index (χ2n) is 4.59. The van der Waals surface area contributed by atoms with E-state index >= 15 is 0 Å². The van der Waals surface area contributed by atoms with E-state index in [1.807, 2.05) is 24.4 Å². The Morgan fingerprint density at radius 1 is 1.18 bits per heavy atom. The van der Waals surface area contributed by atoms with Gasteiger partial charge in [-0.2, -0.15) is 0 Å². The zero-order valence-corrected chi connectivity index (χ0v) is 12.6. The molecule has 0 radical (unpaired) electrons. The molecule has 0 bridgehead atoms. The molecule has 3 heterocycles. The summed E-state index contributed by atoms with van der Waals surface area (Å²) in [4.78, 5) is 28.5. The highest BCUT2D eigenvalue weighted by molar-refractivity contribution is 7.10. The van der Waals surface area contributed by atoms with Gasteiger partial charge in [-0.05, 0) is 19.1 Å². The van der Waals surface area contributed by atoms with Crippen LogP contribution in [0.4, 0.5) is 0 Å². The van der Waals surface area contributed by atoms with Crippen molar-refractivity contribution in [3.63, 3.8) is 0 Å².